The molecule has 1 amide bonds. The molecular formula is C24H35IN6O2. The molecule has 1 aliphatic heterocycles. The van der Waals surface area contributed by atoms with Crippen molar-refractivity contribution in [1.29, 1.82) is 0 Å². The minimum Gasteiger partial charge on any atom is -0.496 e. The zero-order chi connectivity index (χ0) is 22.8. The van der Waals surface area contributed by atoms with Crippen molar-refractivity contribution < 1.29 is 9.53 Å². The number of rotatable bonds is 8. The zero-order valence-corrected chi connectivity index (χ0v) is 22.1. The number of amides is 1. The normalized spacial score (nSPS) is 13.8. The lowest BCUT2D eigenvalue weighted by molar-refractivity contribution is -0.131. The second-order valence-corrected chi connectivity index (χ2v) is 7.71. The number of halogens is 1. The Morgan fingerprint density at radius 3 is 2.55 bits per heavy atom. The Morgan fingerprint density at radius 1 is 1.15 bits per heavy atom. The molecular weight excluding hydrogens is 531 g/mol. The second-order valence-electron chi connectivity index (χ2n) is 7.71. The first-order chi connectivity index (χ1) is 15.6. The number of para-hydroxylation sites is 1. The highest BCUT2D eigenvalue weighted by Crippen LogP contribution is 2.19. The van der Waals surface area contributed by atoms with Gasteiger partial charge in [-0.25, -0.2) is 4.98 Å². The molecule has 1 saturated heterocycles. The molecule has 180 valence electrons. The van der Waals surface area contributed by atoms with Crippen LogP contribution in [-0.2, 0) is 11.3 Å². The second kappa shape index (κ2) is 13.9. The largest absolute Gasteiger partial charge is 0.496 e. The third kappa shape index (κ3) is 7.76. The van der Waals surface area contributed by atoms with Gasteiger partial charge in [0.15, 0.2) is 5.96 Å². The number of carbonyl (C=O) groups is 1. The van der Waals surface area contributed by atoms with Gasteiger partial charge >= 0.3 is 0 Å². The smallest absolute Gasteiger partial charge is 0.224 e. The van der Waals surface area contributed by atoms with Crippen molar-refractivity contribution in [3.05, 3.63) is 54.2 Å². The lowest BCUT2D eigenvalue weighted by Crippen LogP contribution is -2.49. The summed E-state index contributed by atoms with van der Waals surface area (Å²) in [6, 6.07) is 13.9. The number of carbonyl (C=O) groups excluding carboxylic acids is 1. The van der Waals surface area contributed by atoms with E-state index in [1.165, 1.54) is 0 Å². The van der Waals surface area contributed by atoms with Crippen LogP contribution in [0.25, 0.3) is 0 Å². The zero-order valence-electron chi connectivity index (χ0n) is 19.7. The van der Waals surface area contributed by atoms with Crippen LogP contribution in [0.1, 0.15) is 18.9 Å². The van der Waals surface area contributed by atoms with E-state index >= 15 is 0 Å². The van der Waals surface area contributed by atoms with Gasteiger partial charge in [-0.05, 0) is 25.1 Å². The minimum atomic E-state index is 0. The quantitative estimate of drug-likeness (QED) is 0.301. The summed E-state index contributed by atoms with van der Waals surface area (Å²) in [7, 11) is 3.67. The summed E-state index contributed by atoms with van der Waals surface area (Å²) in [4.78, 5) is 28.0. The predicted octanol–water partition coefficient (Wildman–Crippen LogP) is 2.84. The van der Waals surface area contributed by atoms with Gasteiger partial charge < -0.3 is 24.8 Å². The molecule has 9 heteroatoms. The van der Waals surface area contributed by atoms with Gasteiger partial charge in [0, 0.05) is 64.5 Å². The molecule has 0 radical (unpaired) electrons. The van der Waals surface area contributed by atoms with Gasteiger partial charge in [0.1, 0.15) is 11.6 Å². The van der Waals surface area contributed by atoms with E-state index in [4.69, 9.17) is 4.74 Å². The number of anilines is 1. The molecule has 0 aliphatic carbocycles. The fourth-order valence-corrected chi connectivity index (χ4v) is 3.77. The van der Waals surface area contributed by atoms with Crippen molar-refractivity contribution in [2.24, 2.45) is 4.99 Å². The first kappa shape index (κ1) is 26.7. The molecule has 0 atom stereocenters. The number of guanidine groups is 1. The van der Waals surface area contributed by atoms with Gasteiger partial charge in [-0.15, -0.1) is 24.0 Å². The summed E-state index contributed by atoms with van der Waals surface area (Å²) in [5.74, 6) is 2.76. The van der Waals surface area contributed by atoms with E-state index in [9.17, 15) is 4.79 Å². The van der Waals surface area contributed by atoms with E-state index < -0.39 is 0 Å². The van der Waals surface area contributed by atoms with Crippen LogP contribution in [0.4, 0.5) is 5.82 Å². The van der Waals surface area contributed by atoms with Crippen LogP contribution >= 0.6 is 24.0 Å². The molecule has 1 aliphatic rings. The average Bonchev–Trinajstić information content (AvgIpc) is 2.84. The third-order valence-corrected chi connectivity index (χ3v) is 5.49. The Bertz CT molecular complexity index is 888. The average molecular weight is 566 g/mol. The van der Waals surface area contributed by atoms with Crippen molar-refractivity contribution in [1.82, 2.24) is 20.1 Å². The van der Waals surface area contributed by atoms with Crippen LogP contribution in [-0.4, -0.2) is 80.1 Å². The number of nitrogens with one attached hydrogen (secondary N) is 1. The van der Waals surface area contributed by atoms with E-state index in [1.54, 1.807) is 13.3 Å². The van der Waals surface area contributed by atoms with Gasteiger partial charge in [-0.2, -0.15) is 0 Å². The Morgan fingerprint density at radius 2 is 1.88 bits per heavy atom. The molecule has 1 aromatic heterocycles. The minimum absolute atomic E-state index is 0. The molecule has 8 nitrogen and oxygen atoms in total. The number of piperazine rings is 1. The highest BCUT2D eigenvalue weighted by Gasteiger charge is 2.21. The van der Waals surface area contributed by atoms with Crippen molar-refractivity contribution in [3.8, 4) is 5.75 Å². The number of aliphatic imine (C=N–C) groups is 1. The van der Waals surface area contributed by atoms with E-state index in [1.807, 2.05) is 61.3 Å². The van der Waals surface area contributed by atoms with Crippen LogP contribution in [0.15, 0.2) is 53.7 Å². The van der Waals surface area contributed by atoms with E-state index in [-0.39, 0.29) is 29.9 Å². The monoisotopic (exact) mass is 566 g/mol. The van der Waals surface area contributed by atoms with Crippen LogP contribution in [0.3, 0.4) is 0 Å². The maximum absolute atomic E-state index is 12.7. The SMILES string of the molecule is CCNC(=NCCC(=O)N1CCN(c2ccccn2)CC1)N(C)Cc1ccccc1OC.I. The summed E-state index contributed by atoms with van der Waals surface area (Å²) in [5, 5.41) is 3.31. The number of aromatic nitrogens is 1. The molecule has 0 spiro atoms. The molecule has 2 aromatic rings. The standard InChI is InChI=1S/C24H34N6O2.HI/c1-4-25-24(28(2)19-20-9-5-6-10-21(20)32-3)27-14-12-23(31)30-17-15-29(16-18-30)22-11-7-8-13-26-22;/h5-11,13H,4,12,14-19H2,1-3H3,(H,25,27);1H. The number of nitrogens with zero attached hydrogens (tertiary/aromatic N) is 5. The molecule has 3 rings (SSSR count). The number of ether oxygens (including phenoxy) is 1. The number of methoxy groups -OCH3 is 1. The number of benzene rings is 1. The highest BCUT2D eigenvalue weighted by molar-refractivity contribution is 14.0. The third-order valence-electron chi connectivity index (χ3n) is 5.49. The summed E-state index contributed by atoms with van der Waals surface area (Å²) >= 11 is 0. The molecule has 0 saturated carbocycles. The molecule has 0 unspecified atom stereocenters. The molecule has 0 bridgehead atoms. The lowest BCUT2D eigenvalue weighted by Gasteiger charge is -2.35. The van der Waals surface area contributed by atoms with Crippen molar-refractivity contribution >= 4 is 41.7 Å². The van der Waals surface area contributed by atoms with Gasteiger partial charge in [0.25, 0.3) is 0 Å². The summed E-state index contributed by atoms with van der Waals surface area (Å²) in [6.07, 6.45) is 2.21. The van der Waals surface area contributed by atoms with Gasteiger partial charge in [0.2, 0.25) is 5.91 Å². The Labute approximate surface area is 214 Å². The van der Waals surface area contributed by atoms with Gasteiger partial charge in [-0.3, -0.25) is 9.79 Å². The number of hydrogen-bond donors (Lipinski definition) is 1. The summed E-state index contributed by atoms with van der Waals surface area (Å²) in [5.41, 5.74) is 1.09. The maximum atomic E-state index is 12.7. The lowest BCUT2D eigenvalue weighted by atomic mass is 10.2. The van der Waals surface area contributed by atoms with Gasteiger partial charge in [-0.1, -0.05) is 24.3 Å². The molecule has 1 aromatic carbocycles. The van der Waals surface area contributed by atoms with Crippen molar-refractivity contribution in [2.75, 3.05) is 58.3 Å². The molecule has 2 heterocycles. The van der Waals surface area contributed by atoms with Crippen LogP contribution in [0.5, 0.6) is 5.75 Å². The first-order valence-corrected chi connectivity index (χ1v) is 11.2. The Hall–Kier alpha value is -2.56. The van der Waals surface area contributed by atoms with Crippen LogP contribution in [0, 0.1) is 0 Å². The van der Waals surface area contributed by atoms with Gasteiger partial charge in [0.05, 0.1) is 13.7 Å². The maximum Gasteiger partial charge on any atom is 0.224 e. The Balaban J connectivity index is 0.00000385. The summed E-state index contributed by atoms with van der Waals surface area (Å²) < 4.78 is 5.46. The van der Waals surface area contributed by atoms with E-state index in [0.29, 0.717) is 32.6 Å². The van der Waals surface area contributed by atoms with Crippen LogP contribution in [0.2, 0.25) is 0 Å². The van der Waals surface area contributed by atoms with Crippen molar-refractivity contribution in [2.45, 2.75) is 19.9 Å². The molecule has 33 heavy (non-hydrogen) atoms. The molecule has 1 N–H and O–H groups in total. The number of hydrogen-bond acceptors (Lipinski definition) is 5. The van der Waals surface area contributed by atoms with E-state index in [2.05, 4.69) is 25.1 Å². The topological polar surface area (TPSA) is 73.3 Å². The Kier molecular flexibility index (Phi) is 11.2. The van der Waals surface area contributed by atoms with Crippen LogP contribution < -0.4 is 15.0 Å². The fraction of sp³-hybridized carbons (Fsp3) is 0.458. The van der Waals surface area contributed by atoms with E-state index in [0.717, 1.165) is 42.7 Å². The summed E-state index contributed by atoms with van der Waals surface area (Å²) in [6.45, 7) is 6.96. The number of pyridine rings is 1. The molecule has 1 fully saturated rings. The fourth-order valence-electron chi connectivity index (χ4n) is 3.77. The first-order valence-electron chi connectivity index (χ1n) is 11.2. The predicted molar refractivity (Wildman–Crippen MR) is 144 cm³/mol. The van der Waals surface area contributed by atoms with Crippen molar-refractivity contribution in [3.63, 3.8) is 0 Å². The highest BCUT2D eigenvalue weighted by atomic mass is 127.